The molecule has 1 aliphatic rings. The van der Waals surface area contributed by atoms with Crippen LogP contribution in [0.5, 0.6) is 0 Å². The van der Waals surface area contributed by atoms with Crippen LogP contribution in [0.15, 0.2) is 0 Å². The molecule has 0 bridgehead atoms. The van der Waals surface area contributed by atoms with Gasteiger partial charge in [0.05, 0.1) is 0 Å². The molecule has 2 unspecified atom stereocenters. The topological polar surface area (TPSA) is 52.2 Å². The van der Waals surface area contributed by atoms with Gasteiger partial charge in [-0.3, -0.25) is 4.21 Å². The summed E-state index contributed by atoms with van der Waals surface area (Å²) in [6.07, 6.45) is 2.17. The lowest BCUT2D eigenvalue weighted by molar-refractivity contribution is 0.400. The Bertz CT molecular complexity index is 123. The van der Waals surface area contributed by atoms with E-state index in [2.05, 4.69) is 5.32 Å². The molecule has 1 heterocycles. The molecule has 0 aliphatic carbocycles. The predicted octanol–water partition coefficient (Wildman–Crippen LogP) is -0.135. The Balaban J connectivity index is 2.19. The lowest BCUT2D eigenvalue weighted by Crippen LogP contribution is -2.32. The highest BCUT2D eigenvalue weighted by Gasteiger charge is 2.11. The summed E-state index contributed by atoms with van der Waals surface area (Å²) in [6.45, 7) is 1.91. The van der Waals surface area contributed by atoms with Crippen LogP contribution in [0, 0.1) is 5.92 Å². The van der Waals surface area contributed by atoms with Crippen LogP contribution in [0.1, 0.15) is 12.8 Å². The molecule has 10 heavy (non-hydrogen) atoms. The number of piperidine rings is 1. The van der Waals surface area contributed by atoms with Gasteiger partial charge in [0.15, 0.2) is 0 Å². The van der Waals surface area contributed by atoms with E-state index in [-0.39, 0.29) is 0 Å². The molecule has 4 heteroatoms. The van der Waals surface area contributed by atoms with Crippen LogP contribution < -0.4 is 5.32 Å². The minimum atomic E-state index is -1.85. The van der Waals surface area contributed by atoms with Crippen molar-refractivity contribution >= 4 is 11.1 Å². The summed E-state index contributed by atoms with van der Waals surface area (Å²) in [5.74, 6) is 0.680. The minimum absolute atomic E-state index is 0.326. The van der Waals surface area contributed by atoms with Crippen LogP contribution in [0.2, 0.25) is 0 Å². The maximum Gasteiger partial charge on any atom is 0.0142 e. The van der Waals surface area contributed by atoms with Crippen molar-refractivity contribution in [1.29, 1.82) is 0 Å². The van der Waals surface area contributed by atoms with Crippen molar-refractivity contribution in [1.82, 2.24) is 5.32 Å². The predicted molar refractivity (Wildman–Crippen MR) is 39.4 cm³/mol. The van der Waals surface area contributed by atoms with Crippen LogP contribution in [0.4, 0.5) is 0 Å². The number of rotatable bonds is 2. The third-order valence-corrected chi connectivity index (χ3v) is 2.51. The van der Waals surface area contributed by atoms with Gasteiger partial charge in [-0.1, -0.05) is 11.1 Å². The molecule has 3 nitrogen and oxygen atoms in total. The van der Waals surface area contributed by atoms with Crippen LogP contribution in [-0.4, -0.2) is 27.6 Å². The average Bonchev–Trinajstić information content (AvgIpc) is 1.88. The quantitative estimate of drug-likeness (QED) is 0.575. The van der Waals surface area contributed by atoms with E-state index >= 15 is 0 Å². The Morgan fingerprint density at radius 3 is 3.00 bits per heavy atom. The largest absolute Gasteiger partial charge is 0.772 e. The molecule has 0 aromatic heterocycles. The first kappa shape index (κ1) is 8.17. The van der Waals surface area contributed by atoms with Gasteiger partial charge in [0.25, 0.3) is 0 Å². The SMILES string of the molecule is O=S([O-])CC1CCCNC1. The summed E-state index contributed by atoms with van der Waals surface area (Å²) in [5.41, 5.74) is 0. The van der Waals surface area contributed by atoms with Gasteiger partial charge >= 0.3 is 0 Å². The highest BCUT2D eigenvalue weighted by Crippen LogP contribution is 2.09. The molecule has 0 spiro atoms. The second kappa shape index (κ2) is 4.05. The van der Waals surface area contributed by atoms with E-state index in [0.717, 1.165) is 25.9 Å². The molecular weight excluding hydrogens is 150 g/mol. The molecular formula is C6H12NO2S-. The standard InChI is InChI=1S/C6H13NO2S/c8-10(9)5-6-2-1-3-7-4-6/h6-7H,1-5H2,(H,8,9)/p-1. The third-order valence-electron chi connectivity index (χ3n) is 1.77. The zero-order valence-electron chi connectivity index (χ0n) is 5.84. The molecule has 1 fully saturated rings. The second-order valence-electron chi connectivity index (χ2n) is 2.68. The molecule has 2 atom stereocenters. The van der Waals surface area contributed by atoms with E-state index < -0.39 is 11.1 Å². The van der Waals surface area contributed by atoms with Crippen molar-refractivity contribution in [2.24, 2.45) is 5.92 Å². The van der Waals surface area contributed by atoms with Gasteiger partial charge in [-0.05, 0) is 31.8 Å². The van der Waals surface area contributed by atoms with Crippen molar-refractivity contribution in [2.45, 2.75) is 12.8 Å². The monoisotopic (exact) mass is 162 g/mol. The van der Waals surface area contributed by atoms with E-state index in [1.165, 1.54) is 0 Å². The molecule has 0 aromatic rings. The Morgan fingerprint density at radius 1 is 1.70 bits per heavy atom. The van der Waals surface area contributed by atoms with Crippen LogP contribution in [-0.2, 0) is 11.1 Å². The summed E-state index contributed by atoms with van der Waals surface area (Å²) in [4.78, 5) is 0. The van der Waals surface area contributed by atoms with Gasteiger partial charge in [0, 0.05) is 5.75 Å². The molecule has 1 saturated heterocycles. The van der Waals surface area contributed by atoms with E-state index in [1.54, 1.807) is 0 Å². The third kappa shape index (κ3) is 2.77. The van der Waals surface area contributed by atoms with Gasteiger partial charge in [0.2, 0.25) is 0 Å². The van der Waals surface area contributed by atoms with E-state index in [4.69, 9.17) is 0 Å². The minimum Gasteiger partial charge on any atom is -0.772 e. The maximum atomic E-state index is 10.2. The fourth-order valence-electron chi connectivity index (χ4n) is 1.26. The molecule has 1 rings (SSSR count). The summed E-state index contributed by atoms with van der Waals surface area (Å²) in [5, 5.41) is 3.17. The van der Waals surface area contributed by atoms with Crippen LogP contribution in [0.3, 0.4) is 0 Å². The molecule has 0 aromatic carbocycles. The fraction of sp³-hybridized carbons (Fsp3) is 1.00. The maximum absolute atomic E-state index is 10.2. The molecule has 60 valence electrons. The Morgan fingerprint density at radius 2 is 2.50 bits per heavy atom. The Kier molecular flexibility index (Phi) is 3.31. The fourth-order valence-corrected chi connectivity index (χ4v) is 1.93. The summed E-state index contributed by atoms with van der Waals surface area (Å²) >= 11 is -1.85. The van der Waals surface area contributed by atoms with Gasteiger partial charge in [-0.25, -0.2) is 0 Å². The number of nitrogens with one attached hydrogen (secondary N) is 1. The van der Waals surface area contributed by atoms with E-state index in [0.29, 0.717) is 11.7 Å². The van der Waals surface area contributed by atoms with E-state index in [1.807, 2.05) is 0 Å². The average molecular weight is 162 g/mol. The Hall–Kier alpha value is 0.0700. The van der Waals surface area contributed by atoms with Crippen molar-refractivity contribution in [3.63, 3.8) is 0 Å². The Labute approximate surface area is 63.5 Å². The van der Waals surface area contributed by atoms with Crippen molar-refractivity contribution < 1.29 is 8.76 Å². The zero-order valence-corrected chi connectivity index (χ0v) is 6.65. The first-order valence-corrected chi connectivity index (χ1v) is 4.80. The molecule has 1 N–H and O–H groups in total. The van der Waals surface area contributed by atoms with Crippen molar-refractivity contribution in [3.8, 4) is 0 Å². The van der Waals surface area contributed by atoms with Crippen LogP contribution >= 0.6 is 0 Å². The first-order chi connectivity index (χ1) is 4.79. The number of hydrogen-bond donors (Lipinski definition) is 1. The van der Waals surface area contributed by atoms with Gasteiger partial charge in [0.1, 0.15) is 0 Å². The van der Waals surface area contributed by atoms with Crippen molar-refractivity contribution in [2.75, 3.05) is 18.8 Å². The summed E-state index contributed by atoms with van der Waals surface area (Å²) in [7, 11) is 0. The molecule has 0 saturated carbocycles. The van der Waals surface area contributed by atoms with Gasteiger partial charge < -0.3 is 9.87 Å². The molecule has 0 radical (unpaired) electrons. The normalized spacial score (nSPS) is 29.9. The van der Waals surface area contributed by atoms with Gasteiger partial charge in [-0.2, -0.15) is 0 Å². The van der Waals surface area contributed by atoms with E-state index in [9.17, 15) is 8.76 Å². The highest BCUT2D eigenvalue weighted by atomic mass is 32.2. The smallest absolute Gasteiger partial charge is 0.0142 e. The molecule has 0 amide bonds. The molecule has 1 aliphatic heterocycles. The zero-order chi connectivity index (χ0) is 7.40. The lowest BCUT2D eigenvalue weighted by Gasteiger charge is -2.23. The first-order valence-electron chi connectivity index (χ1n) is 3.55. The summed E-state index contributed by atoms with van der Waals surface area (Å²) in [6, 6.07) is 0. The van der Waals surface area contributed by atoms with Crippen molar-refractivity contribution in [3.05, 3.63) is 0 Å². The summed E-state index contributed by atoms with van der Waals surface area (Å²) < 4.78 is 20.5. The van der Waals surface area contributed by atoms with Gasteiger partial charge in [-0.15, -0.1) is 0 Å². The van der Waals surface area contributed by atoms with Crippen LogP contribution in [0.25, 0.3) is 0 Å². The second-order valence-corrected chi connectivity index (χ2v) is 3.62. The number of hydrogen-bond acceptors (Lipinski definition) is 3. The lowest BCUT2D eigenvalue weighted by atomic mass is 10.0. The highest BCUT2D eigenvalue weighted by molar-refractivity contribution is 7.79.